The zero-order valence-electron chi connectivity index (χ0n) is 18.6. The van der Waals surface area contributed by atoms with Crippen molar-refractivity contribution >= 4 is 10.1 Å². The van der Waals surface area contributed by atoms with Crippen LogP contribution >= 0.6 is 0 Å². The number of aryl methyl sites for hydroxylation is 1. The minimum Gasteiger partial charge on any atom is -0.504 e. The van der Waals surface area contributed by atoms with Gasteiger partial charge in [-0.25, -0.2) is 0 Å². The van der Waals surface area contributed by atoms with Gasteiger partial charge in [0.15, 0.2) is 11.5 Å². The molecule has 0 heterocycles. The number of rotatable bonds is 15. The topological polar surface area (TPSA) is 83.8 Å². The molecular formula is C25H36O5S. The summed E-state index contributed by atoms with van der Waals surface area (Å²) in [5.74, 6) is 0.555. The maximum absolute atomic E-state index is 11.5. The third-order valence-electron chi connectivity index (χ3n) is 5.47. The quantitative estimate of drug-likeness (QED) is 0.221. The van der Waals surface area contributed by atoms with E-state index in [-0.39, 0.29) is 16.4 Å². The summed E-state index contributed by atoms with van der Waals surface area (Å²) in [4.78, 5) is -0.222. The lowest BCUT2D eigenvalue weighted by Crippen LogP contribution is -2.01. The fourth-order valence-corrected chi connectivity index (χ4v) is 4.13. The number of aromatic hydroxyl groups is 1. The highest BCUT2D eigenvalue weighted by atomic mass is 32.2. The SMILES string of the molecule is CCCCCCCCCCCCCc1ccc(S(=O)(=O)O)cc1Oc1ccccc1O. The van der Waals surface area contributed by atoms with Gasteiger partial charge in [0.25, 0.3) is 10.1 Å². The van der Waals surface area contributed by atoms with Crippen molar-refractivity contribution in [2.24, 2.45) is 0 Å². The molecule has 2 aromatic carbocycles. The monoisotopic (exact) mass is 448 g/mol. The predicted octanol–water partition coefficient (Wildman–Crippen LogP) is 7.28. The number of hydrogen-bond acceptors (Lipinski definition) is 4. The van der Waals surface area contributed by atoms with Crippen LogP contribution in [0, 0.1) is 0 Å². The summed E-state index contributed by atoms with van der Waals surface area (Å²) >= 11 is 0. The van der Waals surface area contributed by atoms with Gasteiger partial charge < -0.3 is 9.84 Å². The molecule has 0 bridgehead atoms. The molecule has 0 aliphatic carbocycles. The van der Waals surface area contributed by atoms with E-state index in [0.717, 1.165) is 24.8 Å². The van der Waals surface area contributed by atoms with Crippen LogP contribution in [0.5, 0.6) is 17.2 Å². The fraction of sp³-hybridized carbons (Fsp3) is 0.520. The van der Waals surface area contributed by atoms with Crippen molar-refractivity contribution in [1.29, 1.82) is 0 Å². The molecule has 172 valence electrons. The van der Waals surface area contributed by atoms with E-state index >= 15 is 0 Å². The molecule has 0 atom stereocenters. The average molecular weight is 449 g/mol. The van der Waals surface area contributed by atoms with Crippen molar-refractivity contribution in [3.8, 4) is 17.2 Å². The van der Waals surface area contributed by atoms with E-state index < -0.39 is 10.1 Å². The first-order valence-electron chi connectivity index (χ1n) is 11.5. The third-order valence-corrected chi connectivity index (χ3v) is 6.32. The lowest BCUT2D eigenvalue weighted by molar-refractivity contribution is 0.407. The molecule has 5 nitrogen and oxygen atoms in total. The second kappa shape index (κ2) is 13.4. The number of phenols is 1. The van der Waals surface area contributed by atoms with E-state index in [1.807, 2.05) is 0 Å². The molecule has 0 unspecified atom stereocenters. The first-order valence-corrected chi connectivity index (χ1v) is 12.9. The summed E-state index contributed by atoms with van der Waals surface area (Å²) in [6.45, 7) is 2.24. The van der Waals surface area contributed by atoms with Crippen LogP contribution in [0.25, 0.3) is 0 Å². The van der Waals surface area contributed by atoms with Crippen LogP contribution in [0.1, 0.15) is 83.1 Å². The molecule has 0 spiro atoms. The highest BCUT2D eigenvalue weighted by Crippen LogP contribution is 2.34. The van der Waals surface area contributed by atoms with Crippen molar-refractivity contribution in [2.75, 3.05) is 0 Å². The van der Waals surface area contributed by atoms with Crippen LogP contribution in [0.2, 0.25) is 0 Å². The molecular weight excluding hydrogens is 412 g/mol. The zero-order chi connectivity index (χ0) is 22.5. The third kappa shape index (κ3) is 9.32. The normalized spacial score (nSPS) is 11.5. The standard InChI is InChI=1S/C25H36O5S/c1-2-3-4-5-6-7-8-9-10-11-12-15-21-18-19-22(31(27,28)29)20-25(21)30-24-17-14-13-16-23(24)26/h13-14,16-20,26H,2-12,15H2,1H3,(H,27,28,29). The van der Waals surface area contributed by atoms with Gasteiger partial charge in [-0.15, -0.1) is 0 Å². The maximum atomic E-state index is 11.5. The van der Waals surface area contributed by atoms with Gasteiger partial charge in [0.1, 0.15) is 5.75 Å². The number of hydrogen-bond donors (Lipinski definition) is 2. The highest BCUT2D eigenvalue weighted by Gasteiger charge is 2.15. The lowest BCUT2D eigenvalue weighted by atomic mass is 10.0. The van der Waals surface area contributed by atoms with Crippen LogP contribution in [-0.2, 0) is 16.5 Å². The van der Waals surface area contributed by atoms with Crippen LogP contribution in [0.4, 0.5) is 0 Å². The molecule has 0 aliphatic rings. The van der Waals surface area contributed by atoms with Gasteiger partial charge >= 0.3 is 0 Å². The minimum absolute atomic E-state index is 0.0274. The fourth-order valence-electron chi connectivity index (χ4n) is 3.64. The number of benzene rings is 2. The van der Waals surface area contributed by atoms with Crippen molar-refractivity contribution in [3.05, 3.63) is 48.0 Å². The highest BCUT2D eigenvalue weighted by molar-refractivity contribution is 7.85. The summed E-state index contributed by atoms with van der Waals surface area (Å²) in [6.07, 6.45) is 14.5. The maximum Gasteiger partial charge on any atom is 0.294 e. The molecule has 0 amide bonds. The molecule has 2 aromatic rings. The summed E-state index contributed by atoms with van der Waals surface area (Å²) in [7, 11) is -4.33. The van der Waals surface area contributed by atoms with E-state index in [0.29, 0.717) is 5.75 Å². The second-order valence-electron chi connectivity index (χ2n) is 8.10. The Morgan fingerprint density at radius 3 is 1.94 bits per heavy atom. The molecule has 0 fully saturated rings. The zero-order valence-corrected chi connectivity index (χ0v) is 19.4. The molecule has 0 aromatic heterocycles. The van der Waals surface area contributed by atoms with Crippen molar-refractivity contribution in [1.82, 2.24) is 0 Å². The largest absolute Gasteiger partial charge is 0.504 e. The predicted molar refractivity (Wildman–Crippen MR) is 125 cm³/mol. The molecule has 31 heavy (non-hydrogen) atoms. The number of phenolic OH excluding ortho intramolecular Hbond substituents is 1. The molecule has 2 rings (SSSR count). The number of ether oxygens (including phenoxy) is 1. The van der Waals surface area contributed by atoms with Crippen LogP contribution in [-0.4, -0.2) is 18.1 Å². The van der Waals surface area contributed by atoms with Crippen molar-refractivity contribution in [3.63, 3.8) is 0 Å². The van der Waals surface area contributed by atoms with E-state index in [1.165, 1.54) is 76.0 Å². The average Bonchev–Trinajstić information content (AvgIpc) is 2.73. The number of unbranched alkanes of at least 4 members (excludes halogenated alkanes) is 10. The van der Waals surface area contributed by atoms with Gasteiger partial charge in [-0.05, 0) is 36.6 Å². The Kier molecular flexibility index (Phi) is 10.9. The van der Waals surface area contributed by atoms with Crippen LogP contribution in [0.3, 0.4) is 0 Å². The Bertz CT molecular complexity index is 893. The smallest absolute Gasteiger partial charge is 0.294 e. The Morgan fingerprint density at radius 2 is 1.35 bits per heavy atom. The van der Waals surface area contributed by atoms with E-state index in [1.54, 1.807) is 24.3 Å². The van der Waals surface area contributed by atoms with Crippen LogP contribution < -0.4 is 4.74 Å². The number of para-hydroxylation sites is 2. The first-order chi connectivity index (χ1) is 14.9. The van der Waals surface area contributed by atoms with Gasteiger partial charge in [-0.3, -0.25) is 4.55 Å². The van der Waals surface area contributed by atoms with Gasteiger partial charge in [0, 0.05) is 6.07 Å². The summed E-state index contributed by atoms with van der Waals surface area (Å²) in [6, 6.07) is 10.9. The Balaban J connectivity index is 1.85. The second-order valence-corrected chi connectivity index (χ2v) is 9.52. The first kappa shape index (κ1) is 25.2. The summed E-state index contributed by atoms with van der Waals surface area (Å²) in [5, 5.41) is 9.98. The van der Waals surface area contributed by atoms with Gasteiger partial charge in [0.2, 0.25) is 0 Å². The Hall–Kier alpha value is -2.05. The van der Waals surface area contributed by atoms with Crippen LogP contribution in [0.15, 0.2) is 47.4 Å². The molecule has 0 radical (unpaired) electrons. The molecule has 2 N–H and O–H groups in total. The van der Waals surface area contributed by atoms with Gasteiger partial charge in [-0.2, -0.15) is 8.42 Å². The van der Waals surface area contributed by atoms with Crippen molar-refractivity contribution < 1.29 is 22.8 Å². The van der Waals surface area contributed by atoms with Gasteiger partial charge in [-0.1, -0.05) is 89.3 Å². The van der Waals surface area contributed by atoms with E-state index in [4.69, 9.17) is 4.74 Å². The lowest BCUT2D eigenvalue weighted by Gasteiger charge is -2.13. The molecule has 6 heteroatoms. The van der Waals surface area contributed by atoms with Gasteiger partial charge in [0.05, 0.1) is 4.90 Å². The summed E-state index contributed by atoms with van der Waals surface area (Å²) in [5.41, 5.74) is 0.853. The molecule has 0 aliphatic heterocycles. The van der Waals surface area contributed by atoms with E-state index in [2.05, 4.69) is 6.92 Å². The Morgan fingerprint density at radius 1 is 0.774 bits per heavy atom. The van der Waals surface area contributed by atoms with E-state index in [9.17, 15) is 18.1 Å². The Labute approximate surface area is 187 Å². The molecule has 0 saturated carbocycles. The minimum atomic E-state index is -4.33. The van der Waals surface area contributed by atoms with Crippen molar-refractivity contribution in [2.45, 2.75) is 88.9 Å². The molecule has 0 saturated heterocycles. The summed E-state index contributed by atoms with van der Waals surface area (Å²) < 4.78 is 38.2.